The van der Waals surface area contributed by atoms with Crippen molar-refractivity contribution in [2.24, 2.45) is 0 Å². The largest absolute Gasteiger partial charge is 0.472 e. The summed E-state index contributed by atoms with van der Waals surface area (Å²) in [6.07, 6.45) is 29.2. The average molecular weight is 1690 g/mol. The second kappa shape index (κ2) is 70.5. The highest BCUT2D eigenvalue weighted by atomic mass is 31.2. The Kier molecular flexibility index (Phi) is 65.3. The normalized spacial score (nSPS) is 25.0. The van der Waals surface area contributed by atoms with Crippen molar-refractivity contribution in [2.75, 3.05) is 26.4 Å². The van der Waals surface area contributed by atoms with Crippen molar-refractivity contribution >= 4 is 31.7 Å². The zero-order valence-corrected chi connectivity index (χ0v) is 74.2. The first-order chi connectivity index (χ1) is 56.7. The van der Waals surface area contributed by atoms with Gasteiger partial charge in [0.1, 0.15) is 92.6 Å². The van der Waals surface area contributed by atoms with Crippen LogP contribution in [0.1, 0.15) is 413 Å². The van der Waals surface area contributed by atoms with E-state index in [1.807, 2.05) is 0 Å². The fourth-order valence-electron chi connectivity index (χ4n) is 15.7. The summed E-state index contributed by atoms with van der Waals surface area (Å²) in [5.74, 6) is -2.97. The summed E-state index contributed by atoms with van der Waals surface area (Å²) < 4.78 is 73.4. The number of carbonyl (C=O) groups excluding carboxylic acids is 4. The van der Waals surface area contributed by atoms with Crippen LogP contribution in [0.25, 0.3) is 0 Å². The zero-order chi connectivity index (χ0) is 85.4. The highest BCUT2D eigenvalue weighted by molar-refractivity contribution is 7.47. The van der Waals surface area contributed by atoms with E-state index in [1.165, 1.54) is 199 Å². The molecule has 1 aliphatic carbocycles. The van der Waals surface area contributed by atoms with E-state index in [2.05, 4.69) is 39.8 Å². The smallest absolute Gasteiger partial charge is 0.463 e. The number of rotatable bonds is 77. The lowest BCUT2D eigenvalue weighted by Crippen LogP contribution is -2.70. The topological polar surface area (TPSA) is 380 Å². The van der Waals surface area contributed by atoms with Crippen molar-refractivity contribution in [2.45, 2.75) is 517 Å². The molecule has 0 amide bonds. The van der Waals surface area contributed by atoms with Crippen LogP contribution >= 0.6 is 7.82 Å². The van der Waals surface area contributed by atoms with Crippen molar-refractivity contribution < 1.29 is 122 Å². The molecule has 0 bridgehead atoms. The second-order valence-corrected chi connectivity index (χ2v) is 35.3. The van der Waals surface area contributed by atoms with Gasteiger partial charge in [0.25, 0.3) is 0 Å². The molecule has 688 valence electrons. The average Bonchev–Trinajstić information content (AvgIpc) is 0.755. The lowest BCUT2D eigenvalue weighted by atomic mass is 9.84. The fourth-order valence-corrected chi connectivity index (χ4v) is 16.7. The SMILES string of the molecule is CCCCCCCC/C=C\CCCCCC(=O)OC(COC(=O)CCCCCCCCCCCCCCC)COP(=O)(O)OC1C(OC2OC(CO)C(O)C(O)C2O)C(O)C(O)C(OC(=O)CCCCCCCCCCCCCCCCCC)C1OC1OC(COC(=O)CCCCCCCCCCCCCCCCCC)C(O)C(O)C1O. The Bertz CT molecular complexity index is 2480. The third kappa shape index (κ3) is 50.7. The summed E-state index contributed by atoms with van der Waals surface area (Å²) >= 11 is 0. The first-order valence-corrected chi connectivity index (χ1v) is 48.9. The van der Waals surface area contributed by atoms with Gasteiger partial charge in [-0.15, -0.1) is 0 Å². The Morgan fingerprint density at radius 2 is 0.641 bits per heavy atom. The van der Waals surface area contributed by atoms with E-state index in [9.17, 15) is 74.6 Å². The van der Waals surface area contributed by atoms with Crippen molar-refractivity contribution in [3.8, 4) is 0 Å². The minimum absolute atomic E-state index is 0.0187. The minimum Gasteiger partial charge on any atom is -0.463 e. The number of phosphoric ester groups is 1. The molecule has 25 nitrogen and oxygen atoms in total. The second-order valence-electron chi connectivity index (χ2n) is 33.9. The number of phosphoric acid groups is 1. The third-order valence-electron chi connectivity index (χ3n) is 23.3. The molecule has 2 heterocycles. The Balaban J connectivity index is 1.91. The van der Waals surface area contributed by atoms with Gasteiger partial charge < -0.3 is 88.7 Å². The lowest BCUT2D eigenvalue weighted by molar-refractivity contribution is -0.360. The monoisotopic (exact) mass is 1690 g/mol. The number of esters is 4. The van der Waals surface area contributed by atoms with Gasteiger partial charge in [-0.3, -0.25) is 28.2 Å². The lowest BCUT2D eigenvalue weighted by Gasteiger charge is -2.50. The van der Waals surface area contributed by atoms with Crippen LogP contribution in [0.5, 0.6) is 0 Å². The quantitative estimate of drug-likeness (QED) is 0.00889. The summed E-state index contributed by atoms with van der Waals surface area (Å²) in [7, 11) is -5.81. The number of allylic oxidation sites excluding steroid dienone is 2. The van der Waals surface area contributed by atoms with Gasteiger partial charge in [0.05, 0.1) is 13.2 Å². The van der Waals surface area contributed by atoms with Crippen molar-refractivity contribution in [3.05, 3.63) is 12.2 Å². The number of aliphatic hydroxyl groups is 9. The molecule has 3 rings (SSSR count). The Hall–Kier alpha value is -2.79. The molecule has 1 saturated carbocycles. The van der Waals surface area contributed by atoms with E-state index in [0.29, 0.717) is 38.5 Å². The van der Waals surface area contributed by atoms with Crippen LogP contribution < -0.4 is 0 Å². The number of carbonyl (C=O) groups is 4. The van der Waals surface area contributed by atoms with Crippen LogP contribution in [-0.2, 0) is 70.7 Å². The summed E-state index contributed by atoms with van der Waals surface area (Å²) in [6.45, 7) is 5.60. The number of unbranched alkanes of at least 4 members (excludes halogenated alkanes) is 51. The van der Waals surface area contributed by atoms with Crippen LogP contribution in [0.2, 0.25) is 0 Å². The number of ether oxygens (including phenoxy) is 8. The number of aliphatic hydroxyl groups excluding tert-OH is 9. The van der Waals surface area contributed by atoms with Crippen LogP contribution in [0.4, 0.5) is 0 Å². The van der Waals surface area contributed by atoms with Gasteiger partial charge in [-0.2, -0.15) is 0 Å². The molecule has 2 saturated heterocycles. The minimum atomic E-state index is -5.81. The molecule has 0 aromatic rings. The molecule has 3 fully saturated rings. The molecule has 3 aliphatic rings. The van der Waals surface area contributed by atoms with Gasteiger partial charge in [-0.05, 0) is 51.4 Å². The molecule has 0 spiro atoms. The molecule has 2 aliphatic heterocycles. The standard InChI is InChI=1S/C91H169O25P/c1-5-9-13-17-21-25-29-33-35-37-41-44-48-52-56-60-64-75(94)108-70-73-79(98)81(100)85(104)91(112-73)115-88-86(113-77(96)66-62-58-54-50-46-42-38-36-34-30-26-22-18-14-10-6-2)82(101)83(102)87(114-90-84(103)80(99)78(97)72(67-92)111-90)89(88)116-117(105,106)109-69-71(110-76(95)65-61-57-53-49-45-40-32-28-24-20-16-12-8-4)68-107-74(93)63-59-55-51-47-43-39-31-27-23-19-15-11-7-3/h40,45,71-73,78-92,97-104H,5-39,41-44,46-70H2,1-4H3,(H,105,106)/b45-40-. The van der Waals surface area contributed by atoms with E-state index >= 15 is 0 Å². The fraction of sp³-hybridized carbons (Fsp3) is 0.934. The van der Waals surface area contributed by atoms with E-state index in [1.54, 1.807) is 0 Å². The van der Waals surface area contributed by atoms with Gasteiger partial charge in [0.15, 0.2) is 24.8 Å². The van der Waals surface area contributed by atoms with Crippen molar-refractivity contribution in [1.82, 2.24) is 0 Å². The first kappa shape index (κ1) is 108. The maximum atomic E-state index is 14.9. The van der Waals surface area contributed by atoms with E-state index in [-0.39, 0.29) is 25.7 Å². The molecular formula is C91H169O25P. The molecule has 18 unspecified atom stereocenters. The summed E-state index contributed by atoms with van der Waals surface area (Å²) in [5.41, 5.74) is 0. The zero-order valence-electron chi connectivity index (χ0n) is 73.3. The van der Waals surface area contributed by atoms with E-state index in [4.69, 9.17) is 46.9 Å². The highest BCUT2D eigenvalue weighted by Gasteiger charge is 2.60. The van der Waals surface area contributed by atoms with Crippen LogP contribution in [-0.4, -0.2) is 205 Å². The first-order valence-electron chi connectivity index (χ1n) is 47.4. The maximum Gasteiger partial charge on any atom is 0.472 e. The van der Waals surface area contributed by atoms with Crippen molar-refractivity contribution in [1.29, 1.82) is 0 Å². The molecule has 0 aromatic heterocycles. The van der Waals surface area contributed by atoms with E-state index in [0.717, 1.165) is 122 Å². The van der Waals surface area contributed by atoms with Gasteiger partial charge in [-0.1, -0.05) is 348 Å². The molecular weight excluding hydrogens is 1520 g/mol. The van der Waals surface area contributed by atoms with Gasteiger partial charge >= 0.3 is 31.7 Å². The van der Waals surface area contributed by atoms with Crippen LogP contribution in [0.3, 0.4) is 0 Å². The third-order valence-corrected chi connectivity index (χ3v) is 24.3. The molecule has 117 heavy (non-hydrogen) atoms. The number of hydrogen-bond acceptors (Lipinski definition) is 24. The molecule has 0 radical (unpaired) electrons. The Labute approximate surface area is 705 Å². The summed E-state index contributed by atoms with van der Waals surface area (Å²) in [6, 6.07) is 0. The predicted molar refractivity (Wildman–Crippen MR) is 453 cm³/mol. The van der Waals surface area contributed by atoms with Gasteiger partial charge in [-0.25, -0.2) is 4.57 Å². The molecule has 18 atom stereocenters. The predicted octanol–water partition coefficient (Wildman–Crippen LogP) is 17.6. The molecule has 0 aromatic carbocycles. The Morgan fingerprint density at radius 1 is 0.333 bits per heavy atom. The Morgan fingerprint density at radius 3 is 1.03 bits per heavy atom. The number of hydrogen-bond donors (Lipinski definition) is 10. The summed E-state index contributed by atoms with van der Waals surface area (Å²) in [4.78, 5) is 66.4. The van der Waals surface area contributed by atoms with Gasteiger partial charge in [0, 0.05) is 25.7 Å². The van der Waals surface area contributed by atoms with E-state index < -0.39 is 162 Å². The van der Waals surface area contributed by atoms with Gasteiger partial charge in [0.2, 0.25) is 0 Å². The van der Waals surface area contributed by atoms with Crippen molar-refractivity contribution in [3.63, 3.8) is 0 Å². The molecule has 26 heteroatoms. The van der Waals surface area contributed by atoms with Crippen LogP contribution in [0, 0.1) is 0 Å². The maximum absolute atomic E-state index is 14.9. The highest BCUT2D eigenvalue weighted by Crippen LogP contribution is 2.49. The van der Waals surface area contributed by atoms with Crippen LogP contribution in [0.15, 0.2) is 12.2 Å². The summed E-state index contributed by atoms with van der Waals surface area (Å²) in [5, 5.41) is 102. The molecule has 10 N–H and O–H groups in total.